The Bertz CT molecular complexity index is 4000. The maximum absolute atomic E-state index is 3.12. The molecule has 0 unspecified atom stereocenters. The van der Waals surface area contributed by atoms with Gasteiger partial charge in [-0.2, -0.15) is 0 Å². The van der Waals surface area contributed by atoms with Gasteiger partial charge in [-0.3, -0.25) is 0 Å². The summed E-state index contributed by atoms with van der Waals surface area (Å²) in [7, 11) is -5.97. The van der Waals surface area contributed by atoms with Gasteiger partial charge in [-0.1, -0.05) is 255 Å². The SMILES string of the molecule is c1ccc(N2c3cc([Si](c4ccccc4)(c4ccccc4)c4ccccc4)cc4c3B(c3ccccc3N4c3ccc4c(c3)[Si](c3ccccc3)(c3ccccc3)c3ccccc3-4)c3ccc4ccccc4c32)cc1. The van der Waals surface area contributed by atoms with Gasteiger partial charge in [-0.25, -0.2) is 0 Å². The lowest BCUT2D eigenvalue weighted by Gasteiger charge is -2.46. The van der Waals surface area contributed by atoms with E-state index in [2.05, 4.69) is 307 Å². The molecule has 2 nitrogen and oxygen atoms in total. The van der Waals surface area contributed by atoms with E-state index in [0.29, 0.717) is 0 Å². The molecule has 3 heterocycles. The average Bonchev–Trinajstić information content (AvgIpc) is 3.81. The van der Waals surface area contributed by atoms with Crippen LogP contribution in [0, 0.1) is 0 Å². The number of hydrogen-bond acceptors (Lipinski definition) is 2. The molecule has 0 saturated carbocycles. The maximum Gasteiger partial charge on any atom is 0.252 e. The predicted molar refractivity (Wildman–Crippen MR) is 324 cm³/mol. The molecule has 0 bridgehead atoms. The minimum atomic E-state index is -3.12. The van der Waals surface area contributed by atoms with Crippen LogP contribution < -0.4 is 67.7 Å². The molecular weight excluding hydrogens is 936 g/mol. The molecule has 75 heavy (non-hydrogen) atoms. The van der Waals surface area contributed by atoms with Gasteiger partial charge in [-0.15, -0.1) is 0 Å². The second-order valence-corrected chi connectivity index (χ2v) is 27.8. The molecular formula is C70H49BN2Si2. The van der Waals surface area contributed by atoms with E-state index < -0.39 is 16.1 Å². The second-order valence-electron chi connectivity index (χ2n) is 20.3. The van der Waals surface area contributed by atoms with Gasteiger partial charge in [-0.05, 0) is 117 Å². The molecule has 350 valence electrons. The first kappa shape index (κ1) is 43.6. The Balaban J connectivity index is 1.10. The molecule has 5 heteroatoms. The van der Waals surface area contributed by atoms with Crippen molar-refractivity contribution in [2.45, 2.75) is 0 Å². The van der Waals surface area contributed by atoms with E-state index >= 15 is 0 Å². The van der Waals surface area contributed by atoms with Gasteiger partial charge in [0, 0.05) is 39.5 Å². The summed E-state index contributed by atoms with van der Waals surface area (Å²) < 4.78 is 0. The van der Waals surface area contributed by atoms with Crippen LogP contribution in [0.1, 0.15) is 0 Å². The van der Waals surface area contributed by atoms with Crippen LogP contribution in [0.4, 0.5) is 34.1 Å². The van der Waals surface area contributed by atoms with Crippen LogP contribution in [-0.2, 0) is 0 Å². The minimum absolute atomic E-state index is 0.0434. The highest BCUT2D eigenvalue weighted by molar-refractivity contribution is 7.22. The fourth-order valence-electron chi connectivity index (χ4n) is 13.7. The summed E-state index contributed by atoms with van der Waals surface area (Å²) in [6, 6.07) is 113. The van der Waals surface area contributed by atoms with Gasteiger partial charge in [0.05, 0.1) is 0 Å². The van der Waals surface area contributed by atoms with Gasteiger partial charge in [0.15, 0.2) is 16.1 Å². The van der Waals surface area contributed by atoms with Crippen LogP contribution in [0.2, 0.25) is 0 Å². The number of benzene rings is 12. The van der Waals surface area contributed by atoms with E-state index in [-0.39, 0.29) is 6.71 Å². The fraction of sp³-hybridized carbons (Fsp3) is 0. The number of rotatable bonds is 8. The van der Waals surface area contributed by atoms with Crippen LogP contribution in [0.15, 0.2) is 297 Å². The highest BCUT2D eigenvalue weighted by Gasteiger charge is 2.51. The fourth-order valence-corrected chi connectivity index (χ4v) is 23.7. The quantitative estimate of drug-likeness (QED) is 0.111. The molecule has 0 fully saturated rings. The van der Waals surface area contributed by atoms with Crippen molar-refractivity contribution in [3.05, 3.63) is 297 Å². The molecule has 0 amide bonds. The first-order valence-electron chi connectivity index (χ1n) is 26.2. The normalized spacial score (nSPS) is 13.6. The van der Waals surface area contributed by atoms with Crippen molar-refractivity contribution in [2.75, 3.05) is 9.80 Å². The van der Waals surface area contributed by atoms with Crippen molar-refractivity contribution >= 4 is 126 Å². The first-order valence-corrected chi connectivity index (χ1v) is 30.2. The molecule has 12 aromatic rings. The summed E-state index contributed by atoms with van der Waals surface area (Å²) >= 11 is 0. The third-order valence-electron chi connectivity index (χ3n) is 16.6. The predicted octanol–water partition coefficient (Wildman–Crippen LogP) is 9.66. The molecule has 3 aliphatic rings. The summed E-state index contributed by atoms with van der Waals surface area (Å²) in [5.74, 6) is 0. The molecule has 0 saturated heterocycles. The smallest absolute Gasteiger partial charge is 0.252 e. The van der Waals surface area contributed by atoms with Crippen LogP contribution in [0.3, 0.4) is 0 Å². The molecule has 12 aromatic carbocycles. The van der Waals surface area contributed by atoms with E-state index in [9.17, 15) is 0 Å². The highest BCUT2D eigenvalue weighted by atomic mass is 28.3. The van der Waals surface area contributed by atoms with Crippen LogP contribution in [0.5, 0.6) is 0 Å². The molecule has 0 radical (unpaired) electrons. The summed E-state index contributed by atoms with van der Waals surface area (Å²) in [5, 5.41) is 13.5. The van der Waals surface area contributed by atoms with Gasteiger partial charge in [0.2, 0.25) is 0 Å². The Morgan fingerprint density at radius 3 is 1.47 bits per heavy atom. The van der Waals surface area contributed by atoms with E-state index in [1.807, 2.05) is 0 Å². The van der Waals surface area contributed by atoms with E-state index in [1.54, 1.807) is 0 Å². The standard InChI is InChI=1S/C70H49BN2Si2/c1-7-26-51(27-8-1)73-66-49-58(74(53-28-9-2-10-29-53,54-30-11-3-12-31-54)55-32-13-4-14-33-55)48-65-69(66)71(63-46-43-50-25-19-20-38-59(50)70(63)73)62-40-22-23-41-64(62)72(65)52-44-45-61-60-39-21-24-42-67(60)75(68(61)47-52,56-34-15-5-16-35-56)57-36-17-6-18-37-57/h1-49H. The molecule has 0 atom stereocenters. The Hall–Kier alpha value is -9.00. The van der Waals surface area contributed by atoms with Crippen molar-refractivity contribution in [3.8, 4) is 11.1 Å². The lowest BCUT2D eigenvalue weighted by Crippen LogP contribution is -2.75. The maximum atomic E-state index is 2.65. The second kappa shape index (κ2) is 17.3. The molecule has 0 spiro atoms. The van der Waals surface area contributed by atoms with Crippen LogP contribution >= 0.6 is 0 Å². The Kier molecular flexibility index (Phi) is 10.1. The first-order chi connectivity index (χ1) is 37.2. The number of nitrogens with zero attached hydrogens (tertiary/aromatic N) is 2. The number of para-hydroxylation sites is 2. The highest BCUT2D eigenvalue weighted by Crippen LogP contribution is 2.46. The topological polar surface area (TPSA) is 6.48 Å². The lowest BCUT2D eigenvalue weighted by atomic mass is 9.33. The molecule has 15 rings (SSSR count). The summed E-state index contributed by atoms with van der Waals surface area (Å²) in [5.41, 5.74) is 13.8. The zero-order chi connectivity index (χ0) is 49.5. The zero-order valence-electron chi connectivity index (χ0n) is 41.3. The summed E-state index contributed by atoms with van der Waals surface area (Å²) in [6.45, 7) is -0.0434. The van der Waals surface area contributed by atoms with Gasteiger partial charge < -0.3 is 9.80 Å². The number of anilines is 6. The molecule has 0 aliphatic carbocycles. The molecule has 3 aliphatic heterocycles. The van der Waals surface area contributed by atoms with Crippen LogP contribution in [0.25, 0.3) is 21.9 Å². The van der Waals surface area contributed by atoms with Crippen molar-refractivity contribution < 1.29 is 0 Å². The van der Waals surface area contributed by atoms with Gasteiger partial charge in [0.1, 0.15) is 0 Å². The van der Waals surface area contributed by atoms with Gasteiger partial charge >= 0.3 is 0 Å². The molecule has 0 aromatic heterocycles. The van der Waals surface area contributed by atoms with E-state index in [1.165, 1.54) is 103 Å². The Morgan fingerprint density at radius 1 is 0.320 bits per heavy atom. The lowest BCUT2D eigenvalue weighted by molar-refractivity contribution is 1.26. The minimum Gasteiger partial charge on any atom is -0.311 e. The van der Waals surface area contributed by atoms with Crippen molar-refractivity contribution in [1.82, 2.24) is 0 Å². The average molecular weight is 985 g/mol. The summed E-state index contributed by atoms with van der Waals surface area (Å²) in [4.78, 5) is 5.27. The van der Waals surface area contributed by atoms with Crippen molar-refractivity contribution in [3.63, 3.8) is 0 Å². The Labute approximate surface area is 441 Å². The third kappa shape index (κ3) is 6.32. The Morgan fingerprint density at radius 2 is 0.827 bits per heavy atom. The van der Waals surface area contributed by atoms with Gasteiger partial charge in [0.25, 0.3) is 6.71 Å². The van der Waals surface area contributed by atoms with Crippen LogP contribution in [-0.4, -0.2) is 22.9 Å². The summed E-state index contributed by atoms with van der Waals surface area (Å²) in [6.07, 6.45) is 0. The van der Waals surface area contributed by atoms with Crippen molar-refractivity contribution in [1.29, 1.82) is 0 Å². The van der Waals surface area contributed by atoms with E-state index in [4.69, 9.17) is 0 Å². The van der Waals surface area contributed by atoms with Crippen molar-refractivity contribution in [2.24, 2.45) is 0 Å². The third-order valence-corrected chi connectivity index (χ3v) is 26.2. The zero-order valence-corrected chi connectivity index (χ0v) is 43.3. The van der Waals surface area contributed by atoms with E-state index in [0.717, 1.165) is 11.4 Å². The number of hydrogen-bond donors (Lipinski definition) is 0. The number of fused-ring (bicyclic) bond motifs is 9. The molecule has 0 N–H and O–H groups in total. The monoisotopic (exact) mass is 984 g/mol. The largest absolute Gasteiger partial charge is 0.311 e.